The van der Waals surface area contributed by atoms with Crippen molar-refractivity contribution >= 4 is 17.6 Å². The summed E-state index contributed by atoms with van der Waals surface area (Å²) in [6.45, 7) is 9.39. The standard InChI is InChI=1S/C15H25N3O3S/c1-6-17(5)11-7-8-18(14(19)16-11)12-10-22-13(21-12)9-20-15(2,3)4/h7-8,12-13H,6,9-10H2,1-5H3/t12-,13?/m0/s1. The van der Waals surface area contributed by atoms with Crippen LogP contribution < -0.4 is 10.6 Å². The molecule has 1 aromatic rings. The maximum absolute atomic E-state index is 12.2. The van der Waals surface area contributed by atoms with Crippen LogP contribution in [0.1, 0.15) is 33.9 Å². The zero-order chi connectivity index (χ0) is 16.3. The Kier molecular flexibility index (Phi) is 5.52. The molecule has 2 rings (SSSR count). The molecule has 1 unspecified atom stereocenters. The van der Waals surface area contributed by atoms with Crippen LogP contribution in [0.3, 0.4) is 0 Å². The molecule has 0 radical (unpaired) electrons. The second kappa shape index (κ2) is 7.02. The van der Waals surface area contributed by atoms with E-state index in [0.717, 1.165) is 12.3 Å². The number of hydrogen-bond acceptors (Lipinski definition) is 6. The van der Waals surface area contributed by atoms with Crippen molar-refractivity contribution in [2.24, 2.45) is 0 Å². The van der Waals surface area contributed by atoms with Gasteiger partial charge in [0.05, 0.1) is 12.2 Å². The quantitative estimate of drug-likeness (QED) is 0.825. The highest BCUT2D eigenvalue weighted by molar-refractivity contribution is 8.00. The maximum atomic E-state index is 12.2. The Hall–Kier alpha value is -1.05. The van der Waals surface area contributed by atoms with Gasteiger partial charge in [0.2, 0.25) is 0 Å². The lowest BCUT2D eigenvalue weighted by Crippen LogP contribution is -2.31. The van der Waals surface area contributed by atoms with E-state index in [2.05, 4.69) is 4.98 Å². The van der Waals surface area contributed by atoms with Gasteiger partial charge in [0.15, 0.2) is 0 Å². The first-order valence-electron chi connectivity index (χ1n) is 7.51. The van der Waals surface area contributed by atoms with Crippen molar-refractivity contribution < 1.29 is 9.47 Å². The van der Waals surface area contributed by atoms with E-state index in [1.54, 1.807) is 22.5 Å². The fourth-order valence-corrected chi connectivity index (χ4v) is 2.98. The topological polar surface area (TPSA) is 56.6 Å². The molecule has 0 saturated carbocycles. The minimum atomic E-state index is -0.278. The van der Waals surface area contributed by atoms with Crippen molar-refractivity contribution in [3.05, 3.63) is 22.7 Å². The summed E-state index contributed by atoms with van der Waals surface area (Å²) in [5.41, 5.74) is -0.512. The molecule has 7 heteroatoms. The van der Waals surface area contributed by atoms with E-state index < -0.39 is 0 Å². The van der Waals surface area contributed by atoms with Crippen molar-refractivity contribution in [2.75, 3.05) is 30.9 Å². The fraction of sp³-hybridized carbons (Fsp3) is 0.733. The van der Waals surface area contributed by atoms with E-state index in [1.165, 1.54) is 0 Å². The average Bonchev–Trinajstić information content (AvgIpc) is 2.92. The van der Waals surface area contributed by atoms with E-state index >= 15 is 0 Å². The lowest BCUT2D eigenvalue weighted by molar-refractivity contribution is -0.0684. The predicted octanol–water partition coefficient (Wildman–Crippen LogP) is 2.10. The van der Waals surface area contributed by atoms with Crippen molar-refractivity contribution in [1.82, 2.24) is 9.55 Å². The molecule has 22 heavy (non-hydrogen) atoms. The lowest BCUT2D eigenvalue weighted by Gasteiger charge is -2.22. The van der Waals surface area contributed by atoms with Gasteiger partial charge >= 0.3 is 5.69 Å². The van der Waals surface area contributed by atoms with Gasteiger partial charge in [0, 0.05) is 25.5 Å². The molecule has 2 heterocycles. The SMILES string of the molecule is CCN(C)c1ccn([C@@H]2CSC(COC(C)(C)C)O2)c(=O)n1. The Morgan fingerprint density at radius 2 is 2.27 bits per heavy atom. The first kappa shape index (κ1) is 17.3. The van der Waals surface area contributed by atoms with Crippen LogP contribution in [-0.2, 0) is 9.47 Å². The van der Waals surface area contributed by atoms with Crippen LogP contribution >= 0.6 is 11.8 Å². The summed E-state index contributed by atoms with van der Waals surface area (Å²) in [6.07, 6.45) is 1.48. The van der Waals surface area contributed by atoms with Crippen LogP contribution in [0.15, 0.2) is 17.1 Å². The summed E-state index contributed by atoms with van der Waals surface area (Å²) in [4.78, 5) is 18.2. The number of anilines is 1. The molecule has 0 spiro atoms. The molecule has 0 aromatic carbocycles. The molecule has 0 amide bonds. The summed E-state index contributed by atoms with van der Waals surface area (Å²) in [7, 11) is 1.91. The van der Waals surface area contributed by atoms with E-state index in [1.807, 2.05) is 45.7 Å². The van der Waals surface area contributed by atoms with Gasteiger partial charge in [-0.05, 0) is 33.8 Å². The third-order valence-corrected chi connectivity index (χ3v) is 4.47. The van der Waals surface area contributed by atoms with E-state index in [-0.39, 0.29) is 23.0 Å². The number of nitrogens with zero attached hydrogens (tertiary/aromatic N) is 3. The molecule has 1 aliphatic rings. The second-order valence-corrected chi connectivity index (χ2v) is 7.46. The molecular formula is C15H25N3O3S. The van der Waals surface area contributed by atoms with Crippen LogP contribution in [-0.4, -0.2) is 46.5 Å². The van der Waals surface area contributed by atoms with Crippen LogP contribution in [0.4, 0.5) is 5.82 Å². The minimum Gasteiger partial charge on any atom is -0.372 e. The summed E-state index contributed by atoms with van der Waals surface area (Å²) in [5.74, 6) is 1.41. The minimum absolute atomic E-state index is 0.0471. The average molecular weight is 327 g/mol. The first-order valence-corrected chi connectivity index (χ1v) is 8.56. The Morgan fingerprint density at radius 3 is 2.86 bits per heavy atom. The van der Waals surface area contributed by atoms with Crippen molar-refractivity contribution in [1.29, 1.82) is 0 Å². The van der Waals surface area contributed by atoms with Gasteiger partial charge in [-0.3, -0.25) is 4.57 Å². The number of hydrogen-bond donors (Lipinski definition) is 0. The van der Waals surface area contributed by atoms with Gasteiger partial charge in [0.1, 0.15) is 17.5 Å². The number of thioether (sulfide) groups is 1. The Labute approximate surface area is 135 Å². The zero-order valence-electron chi connectivity index (χ0n) is 13.9. The molecule has 124 valence electrons. The zero-order valence-corrected chi connectivity index (χ0v) is 14.7. The maximum Gasteiger partial charge on any atom is 0.351 e. The molecule has 1 saturated heterocycles. The smallest absolute Gasteiger partial charge is 0.351 e. The molecule has 2 atom stereocenters. The fourth-order valence-electron chi connectivity index (χ4n) is 1.99. The highest BCUT2D eigenvalue weighted by Gasteiger charge is 2.29. The van der Waals surface area contributed by atoms with Crippen LogP contribution in [0.5, 0.6) is 0 Å². The van der Waals surface area contributed by atoms with Crippen molar-refractivity contribution in [3.63, 3.8) is 0 Å². The summed E-state index contributed by atoms with van der Waals surface area (Å²) in [6, 6.07) is 1.85. The van der Waals surface area contributed by atoms with Gasteiger partial charge < -0.3 is 14.4 Å². The highest BCUT2D eigenvalue weighted by Crippen LogP contribution is 2.31. The van der Waals surface area contributed by atoms with Crippen molar-refractivity contribution in [2.45, 2.75) is 45.0 Å². The number of rotatable bonds is 5. The molecule has 0 bridgehead atoms. The molecule has 6 nitrogen and oxygen atoms in total. The highest BCUT2D eigenvalue weighted by atomic mass is 32.2. The third-order valence-electron chi connectivity index (χ3n) is 3.38. The van der Waals surface area contributed by atoms with Crippen LogP contribution in [0, 0.1) is 0 Å². The molecule has 1 aliphatic heterocycles. The predicted molar refractivity (Wildman–Crippen MR) is 89.5 cm³/mol. The summed E-state index contributed by atoms with van der Waals surface area (Å²) >= 11 is 1.66. The molecule has 1 fully saturated rings. The molecule has 1 aromatic heterocycles. The number of aromatic nitrogens is 2. The Balaban J connectivity index is 2.00. The number of ether oxygens (including phenoxy) is 2. The molecule has 0 aliphatic carbocycles. The third kappa shape index (κ3) is 4.47. The van der Waals surface area contributed by atoms with E-state index in [4.69, 9.17) is 9.47 Å². The first-order chi connectivity index (χ1) is 10.3. The van der Waals surface area contributed by atoms with Gasteiger partial charge in [-0.1, -0.05) is 0 Å². The Bertz CT molecular complexity index is 556. The van der Waals surface area contributed by atoms with Crippen LogP contribution in [0.25, 0.3) is 0 Å². The summed E-state index contributed by atoms with van der Waals surface area (Å²) < 4.78 is 13.2. The monoisotopic (exact) mass is 327 g/mol. The van der Waals surface area contributed by atoms with Gasteiger partial charge in [-0.2, -0.15) is 4.98 Å². The van der Waals surface area contributed by atoms with Gasteiger partial charge in [-0.25, -0.2) is 4.79 Å². The largest absolute Gasteiger partial charge is 0.372 e. The van der Waals surface area contributed by atoms with E-state index in [9.17, 15) is 4.79 Å². The lowest BCUT2D eigenvalue weighted by atomic mass is 10.2. The van der Waals surface area contributed by atoms with Crippen LogP contribution in [0.2, 0.25) is 0 Å². The second-order valence-electron chi connectivity index (χ2n) is 6.27. The molecule has 0 N–H and O–H groups in total. The van der Waals surface area contributed by atoms with E-state index in [0.29, 0.717) is 12.4 Å². The normalized spacial score (nSPS) is 22.0. The molecular weight excluding hydrogens is 302 g/mol. The Morgan fingerprint density at radius 1 is 1.55 bits per heavy atom. The summed E-state index contributed by atoms with van der Waals surface area (Å²) in [5, 5.41) is 0. The van der Waals surface area contributed by atoms with Gasteiger partial charge in [0.25, 0.3) is 0 Å². The van der Waals surface area contributed by atoms with Gasteiger partial charge in [-0.15, -0.1) is 11.8 Å². The van der Waals surface area contributed by atoms with Crippen molar-refractivity contribution in [3.8, 4) is 0 Å².